The summed E-state index contributed by atoms with van der Waals surface area (Å²) in [5.41, 5.74) is 8.67. The Bertz CT molecular complexity index is 2520. The van der Waals surface area contributed by atoms with Crippen molar-refractivity contribution in [3.8, 4) is 0 Å². The highest BCUT2D eigenvalue weighted by molar-refractivity contribution is 6.33. The number of aryl methyl sites for hydroxylation is 1. The van der Waals surface area contributed by atoms with Crippen LogP contribution in [0, 0.1) is 23.2 Å². The number of cyclic esters (lactones) is 1. The number of nitrogens with two attached hydrogens (primary N) is 1. The number of aliphatic hydroxyl groups excluding tert-OH is 2. The lowest BCUT2D eigenvalue weighted by Gasteiger charge is -2.43. The number of ether oxygens (including phenoxy) is 2. The number of carbonyl (C=O) groups is 3. The van der Waals surface area contributed by atoms with Crippen LogP contribution in [0.15, 0.2) is 83.7 Å². The van der Waals surface area contributed by atoms with Crippen molar-refractivity contribution >= 4 is 29.2 Å². The number of nitrogen functional groups attached to an aromatic ring is 1. The van der Waals surface area contributed by atoms with Crippen molar-refractivity contribution in [1.29, 1.82) is 0 Å². The highest BCUT2D eigenvalue weighted by Gasteiger charge is 2.86. The maximum absolute atomic E-state index is 15.8. The standard InChI is InChI=1S/C56H72N6O7/c1-5-59-45-27-38-13-8-12-36-11-6-7-24-54(3,29-35-18-21-47(57)61-32-35)30-39-14-9-15-42-49(39)51(66)56(53(67)68-46(16-10-26-63)44(45)28-43(36)38)55(69-56,50(42)65)31-40(33-64)34(2)17-19-37-23-25-60-52-41(37)20-22-48(58-4)62-52/h8-9,13-15,18,21,23,25,27,32,36,43-46,48,58-59,63-64H,5-7,10-12,16-17,19-20,22,24,26,28-31,33H2,1-4H3,(H2,57,61)(H,60,62). The zero-order valence-corrected chi connectivity index (χ0v) is 41.0. The number of fused-ring (bicyclic) bond motifs is 2. The second-order valence-corrected chi connectivity index (χ2v) is 21.1. The Morgan fingerprint density at radius 3 is 2.68 bits per heavy atom. The summed E-state index contributed by atoms with van der Waals surface area (Å²) in [6.45, 7) is 6.48. The fourth-order valence-corrected chi connectivity index (χ4v) is 12.8. The van der Waals surface area contributed by atoms with Gasteiger partial charge in [0.15, 0.2) is 11.4 Å². The molecule has 0 saturated carbocycles. The number of likely N-dealkylation sites (N-methyl/N-ethyl adjacent to an activating group) is 1. The molecule has 1 fully saturated rings. The summed E-state index contributed by atoms with van der Waals surface area (Å²) in [6.07, 6.45) is 20.4. The molecule has 9 atom stereocenters. The summed E-state index contributed by atoms with van der Waals surface area (Å²) >= 11 is 0. The lowest BCUT2D eigenvalue weighted by molar-refractivity contribution is -0.158. The number of carbonyl (C=O) groups excluding carboxylic acids is 3. The molecule has 5 heterocycles. The van der Waals surface area contributed by atoms with E-state index in [2.05, 4.69) is 58.0 Å². The van der Waals surface area contributed by atoms with Crippen LogP contribution in [0.4, 0.5) is 11.6 Å². The monoisotopic (exact) mass is 941 g/mol. The van der Waals surface area contributed by atoms with Gasteiger partial charge in [0.25, 0.3) is 5.60 Å². The van der Waals surface area contributed by atoms with Gasteiger partial charge in [-0.15, -0.1) is 0 Å². The highest BCUT2D eigenvalue weighted by Crippen LogP contribution is 2.60. The first-order valence-corrected chi connectivity index (χ1v) is 25.6. The van der Waals surface area contributed by atoms with Gasteiger partial charge in [-0.05, 0) is 160 Å². The van der Waals surface area contributed by atoms with Crippen LogP contribution >= 0.6 is 0 Å². The average Bonchev–Trinajstić information content (AvgIpc) is 4.06. The van der Waals surface area contributed by atoms with E-state index in [1.54, 1.807) is 6.07 Å². The molecular weight excluding hydrogens is 869 g/mol. The summed E-state index contributed by atoms with van der Waals surface area (Å²) in [6, 6.07) is 11.2. The maximum Gasteiger partial charge on any atom is 0.350 e. The van der Waals surface area contributed by atoms with Crippen molar-refractivity contribution in [3.63, 3.8) is 0 Å². The van der Waals surface area contributed by atoms with Gasteiger partial charge in [-0.25, -0.2) is 14.8 Å². The zero-order valence-electron chi connectivity index (χ0n) is 41.0. The number of benzene rings is 1. The molecule has 368 valence electrons. The third-order valence-corrected chi connectivity index (χ3v) is 16.6. The number of epoxide rings is 1. The smallest absolute Gasteiger partial charge is 0.350 e. The molecule has 1 aromatic carbocycles. The van der Waals surface area contributed by atoms with Crippen molar-refractivity contribution in [2.24, 2.45) is 23.2 Å². The average molecular weight is 941 g/mol. The van der Waals surface area contributed by atoms with E-state index in [4.69, 9.17) is 15.2 Å². The third-order valence-electron chi connectivity index (χ3n) is 16.6. The molecule has 1 spiro atoms. The number of rotatable bonds is 14. The minimum absolute atomic E-state index is 0.0906. The van der Waals surface area contributed by atoms with Gasteiger partial charge in [0.05, 0.1) is 12.8 Å². The van der Waals surface area contributed by atoms with Crippen LogP contribution in [0.2, 0.25) is 0 Å². The lowest BCUT2D eigenvalue weighted by atomic mass is 9.66. The molecule has 9 rings (SSSR count). The Hall–Kier alpha value is -5.05. The van der Waals surface area contributed by atoms with E-state index in [1.165, 1.54) is 11.1 Å². The number of nitrogens with one attached hydrogen (secondary N) is 3. The number of allylic oxidation sites excluding steroid dienone is 4. The van der Waals surface area contributed by atoms with Crippen LogP contribution in [0.5, 0.6) is 0 Å². The molecule has 4 bridgehead atoms. The third kappa shape index (κ3) is 9.37. The molecule has 3 aliphatic heterocycles. The highest BCUT2D eigenvalue weighted by atomic mass is 16.7. The Labute approximate surface area is 407 Å². The molecule has 7 N–H and O–H groups in total. The Morgan fingerprint density at radius 2 is 1.91 bits per heavy atom. The van der Waals surface area contributed by atoms with Crippen molar-refractivity contribution in [2.75, 3.05) is 37.9 Å². The molecule has 0 amide bonds. The minimum Gasteiger partial charge on any atom is -0.459 e. The number of nitrogens with zero attached hydrogens (tertiary/aromatic N) is 2. The predicted molar refractivity (Wildman–Crippen MR) is 267 cm³/mol. The summed E-state index contributed by atoms with van der Waals surface area (Å²) in [5, 5.41) is 31.8. The molecule has 2 aromatic heterocycles. The zero-order chi connectivity index (χ0) is 48.5. The summed E-state index contributed by atoms with van der Waals surface area (Å²) in [4.78, 5) is 55.8. The van der Waals surface area contributed by atoms with E-state index in [1.807, 2.05) is 56.7 Å². The number of hydrogen-bond donors (Lipinski definition) is 6. The largest absolute Gasteiger partial charge is 0.459 e. The number of anilines is 2. The SMILES string of the molecule is CCNC1C=C2C=CCC3CCCCC(C)(Cc4ccc(N)nc4)Cc4cccc5c4C(=O)C4(OC4(CC(CO)=C(C)CCc4ccnc6c4CCC(NC)N6)C5=O)C(=O)OC(CCCO)C1CC23. The molecule has 69 heavy (non-hydrogen) atoms. The van der Waals surface area contributed by atoms with Gasteiger partial charge in [-0.1, -0.05) is 74.8 Å². The van der Waals surface area contributed by atoms with Crippen molar-refractivity contribution < 1.29 is 34.1 Å². The van der Waals surface area contributed by atoms with Crippen LogP contribution in [-0.2, 0) is 40.0 Å². The second kappa shape index (κ2) is 20.4. The topological polar surface area (TPSA) is 201 Å². The van der Waals surface area contributed by atoms with Gasteiger partial charge in [-0.3, -0.25) is 9.59 Å². The summed E-state index contributed by atoms with van der Waals surface area (Å²) < 4.78 is 13.4. The first-order chi connectivity index (χ1) is 33.4. The first-order valence-electron chi connectivity index (χ1n) is 25.6. The number of esters is 1. The quantitative estimate of drug-likeness (QED) is 0.0406. The number of hydrogen-bond acceptors (Lipinski definition) is 13. The van der Waals surface area contributed by atoms with E-state index in [0.29, 0.717) is 67.9 Å². The van der Waals surface area contributed by atoms with E-state index < -0.39 is 34.8 Å². The van der Waals surface area contributed by atoms with E-state index in [-0.39, 0.29) is 60.2 Å². The predicted octanol–water partition coefficient (Wildman–Crippen LogP) is 7.35. The van der Waals surface area contributed by atoms with Gasteiger partial charge >= 0.3 is 5.97 Å². The number of aliphatic hydroxyl groups is 2. The molecular formula is C56H72N6O7. The number of pyridine rings is 2. The molecule has 3 aliphatic carbocycles. The van der Waals surface area contributed by atoms with Crippen LogP contribution in [-0.4, -0.2) is 94.0 Å². The van der Waals surface area contributed by atoms with Crippen molar-refractivity contribution in [1.82, 2.24) is 20.6 Å². The minimum atomic E-state index is -2.27. The molecule has 0 radical (unpaired) electrons. The normalized spacial score (nSPS) is 31.0. The van der Waals surface area contributed by atoms with Crippen molar-refractivity contribution in [3.05, 3.63) is 117 Å². The van der Waals surface area contributed by atoms with Crippen molar-refractivity contribution in [2.45, 2.75) is 147 Å². The van der Waals surface area contributed by atoms with Gasteiger partial charge in [-0.2, -0.15) is 0 Å². The molecule has 6 aliphatic rings. The summed E-state index contributed by atoms with van der Waals surface area (Å²) in [5.74, 6) is -0.0807. The van der Waals surface area contributed by atoms with E-state index in [9.17, 15) is 10.2 Å². The molecule has 13 heteroatoms. The van der Waals surface area contributed by atoms with Crippen LogP contribution in [0.1, 0.15) is 134 Å². The Kier molecular flexibility index (Phi) is 14.4. The second-order valence-electron chi connectivity index (χ2n) is 21.1. The van der Waals surface area contributed by atoms with Gasteiger partial charge in [0, 0.05) is 48.5 Å². The van der Waals surface area contributed by atoms with Gasteiger partial charge < -0.3 is 41.4 Å². The fourth-order valence-electron chi connectivity index (χ4n) is 12.8. The van der Waals surface area contributed by atoms with Gasteiger partial charge in [0.2, 0.25) is 5.78 Å². The number of ketones is 2. The van der Waals surface area contributed by atoms with E-state index >= 15 is 14.4 Å². The molecule has 1 saturated heterocycles. The fraction of sp³-hybridized carbons (Fsp3) is 0.554. The maximum atomic E-state index is 15.8. The van der Waals surface area contributed by atoms with Crippen LogP contribution in [0.3, 0.4) is 0 Å². The Balaban J connectivity index is 1.12. The molecule has 3 aromatic rings. The summed E-state index contributed by atoms with van der Waals surface area (Å²) in [7, 11) is 1.93. The van der Waals surface area contributed by atoms with E-state index in [0.717, 1.165) is 73.9 Å². The molecule has 9 unspecified atom stereocenters. The van der Waals surface area contributed by atoms with Crippen LogP contribution in [0.25, 0.3) is 0 Å². The lowest BCUT2D eigenvalue weighted by Crippen LogP contribution is -2.53. The van der Waals surface area contributed by atoms with Gasteiger partial charge in [0.1, 0.15) is 17.7 Å². The van der Waals surface area contributed by atoms with Crippen LogP contribution < -0.4 is 21.7 Å². The molecule has 13 nitrogen and oxygen atoms in total. The first kappa shape index (κ1) is 49.0. The number of Topliss-reactive ketones (excluding diaryl/α,β-unsaturated/α-hetero) is 2. The Morgan fingerprint density at radius 1 is 1.06 bits per heavy atom. The number of aromatic nitrogens is 2.